The van der Waals surface area contributed by atoms with Crippen molar-refractivity contribution in [1.82, 2.24) is 15.1 Å². The Hall–Kier alpha value is -1.88. The molecule has 5 nitrogen and oxygen atoms in total. The first-order chi connectivity index (χ1) is 9.15. The monoisotopic (exact) mass is 259 g/mol. The van der Waals surface area contributed by atoms with E-state index in [-0.39, 0.29) is 5.91 Å². The van der Waals surface area contributed by atoms with Gasteiger partial charge in [-0.1, -0.05) is 11.6 Å². The number of H-pyrrole nitrogens is 1. The lowest BCUT2D eigenvalue weighted by Gasteiger charge is -2.29. The van der Waals surface area contributed by atoms with E-state index in [0.717, 1.165) is 29.3 Å². The van der Waals surface area contributed by atoms with Crippen LogP contribution in [0.1, 0.15) is 28.9 Å². The van der Waals surface area contributed by atoms with Crippen LogP contribution >= 0.6 is 0 Å². The smallest absolute Gasteiger partial charge is 0.275 e. The molecule has 100 valence electrons. The highest BCUT2D eigenvalue weighted by Crippen LogP contribution is 2.20. The third kappa shape index (κ3) is 2.21. The van der Waals surface area contributed by atoms with Gasteiger partial charge in [0.1, 0.15) is 0 Å². The normalized spacial score (nSPS) is 19.9. The number of aliphatic hydroxyl groups excluding tert-OH is 1. The molecular weight excluding hydrogens is 242 g/mol. The number of carbonyl (C=O) groups excluding carboxylic acids is 1. The highest BCUT2D eigenvalue weighted by Gasteiger charge is 2.25. The van der Waals surface area contributed by atoms with Gasteiger partial charge in [0.15, 0.2) is 5.69 Å². The molecule has 1 saturated heterocycles. The molecule has 0 aliphatic carbocycles. The summed E-state index contributed by atoms with van der Waals surface area (Å²) in [6.45, 7) is 3.08. The third-order valence-electron chi connectivity index (χ3n) is 3.60. The topological polar surface area (TPSA) is 69.2 Å². The van der Waals surface area contributed by atoms with Crippen molar-refractivity contribution in [2.75, 3.05) is 13.1 Å². The molecule has 1 aliphatic heterocycles. The number of benzene rings is 1. The van der Waals surface area contributed by atoms with Crippen molar-refractivity contribution in [2.45, 2.75) is 25.9 Å². The number of fused-ring (bicyclic) bond motifs is 1. The van der Waals surface area contributed by atoms with Crippen LogP contribution in [0.15, 0.2) is 18.2 Å². The quantitative estimate of drug-likeness (QED) is 0.814. The number of carbonyl (C=O) groups is 1. The highest BCUT2D eigenvalue weighted by atomic mass is 16.3. The highest BCUT2D eigenvalue weighted by molar-refractivity contribution is 6.04. The molecule has 2 heterocycles. The number of likely N-dealkylation sites (tertiary alicyclic amines) is 1. The first-order valence-electron chi connectivity index (χ1n) is 6.57. The van der Waals surface area contributed by atoms with E-state index in [9.17, 15) is 9.90 Å². The molecule has 1 amide bonds. The van der Waals surface area contributed by atoms with Crippen molar-refractivity contribution in [2.24, 2.45) is 0 Å². The van der Waals surface area contributed by atoms with Gasteiger partial charge in [-0.3, -0.25) is 9.89 Å². The molecule has 19 heavy (non-hydrogen) atoms. The van der Waals surface area contributed by atoms with E-state index in [4.69, 9.17) is 0 Å². The molecule has 5 heteroatoms. The summed E-state index contributed by atoms with van der Waals surface area (Å²) in [6, 6.07) is 5.88. The maximum atomic E-state index is 12.5. The Morgan fingerprint density at radius 1 is 1.53 bits per heavy atom. The Balaban J connectivity index is 1.95. The maximum Gasteiger partial charge on any atom is 0.275 e. The van der Waals surface area contributed by atoms with Gasteiger partial charge in [-0.2, -0.15) is 5.10 Å². The average molecular weight is 259 g/mol. The van der Waals surface area contributed by atoms with E-state index in [1.165, 1.54) is 0 Å². The van der Waals surface area contributed by atoms with Crippen LogP contribution in [-0.4, -0.2) is 45.3 Å². The number of hydrogen-bond acceptors (Lipinski definition) is 3. The van der Waals surface area contributed by atoms with Crippen molar-refractivity contribution in [3.63, 3.8) is 0 Å². The zero-order valence-electron chi connectivity index (χ0n) is 10.9. The van der Waals surface area contributed by atoms with Crippen molar-refractivity contribution < 1.29 is 9.90 Å². The summed E-state index contributed by atoms with van der Waals surface area (Å²) >= 11 is 0. The largest absolute Gasteiger partial charge is 0.391 e. The Morgan fingerprint density at radius 2 is 2.37 bits per heavy atom. The molecule has 3 rings (SSSR count). The molecule has 1 fully saturated rings. The van der Waals surface area contributed by atoms with Crippen LogP contribution in [-0.2, 0) is 0 Å². The van der Waals surface area contributed by atoms with Gasteiger partial charge in [-0.15, -0.1) is 0 Å². The number of hydrogen-bond donors (Lipinski definition) is 2. The summed E-state index contributed by atoms with van der Waals surface area (Å²) in [5.41, 5.74) is 2.42. The zero-order chi connectivity index (χ0) is 13.4. The Kier molecular flexibility index (Phi) is 2.98. The van der Waals surface area contributed by atoms with Crippen LogP contribution in [0.5, 0.6) is 0 Å². The number of aromatic amines is 1. The summed E-state index contributed by atoms with van der Waals surface area (Å²) < 4.78 is 0. The summed E-state index contributed by atoms with van der Waals surface area (Å²) in [5.74, 6) is -0.101. The van der Waals surface area contributed by atoms with Crippen molar-refractivity contribution >= 4 is 16.8 Å². The lowest BCUT2D eigenvalue weighted by molar-refractivity contribution is 0.0470. The van der Waals surface area contributed by atoms with Gasteiger partial charge in [0.05, 0.1) is 11.6 Å². The third-order valence-corrected chi connectivity index (χ3v) is 3.60. The summed E-state index contributed by atoms with van der Waals surface area (Å²) in [4.78, 5) is 14.2. The minimum absolute atomic E-state index is 0.101. The van der Waals surface area contributed by atoms with Crippen LogP contribution in [0.2, 0.25) is 0 Å². The lowest BCUT2D eigenvalue weighted by Crippen LogP contribution is -2.42. The van der Waals surface area contributed by atoms with E-state index in [1.807, 2.05) is 25.1 Å². The van der Waals surface area contributed by atoms with E-state index < -0.39 is 6.10 Å². The Labute approximate surface area is 111 Å². The molecule has 1 atom stereocenters. The fourth-order valence-corrected chi connectivity index (χ4v) is 2.58. The van der Waals surface area contributed by atoms with Crippen molar-refractivity contribution in [1.29, 1.82) is 0 Å². The average Bonchev–Trinajstić information content (AvgIpc) is 2.80. The second kappa shape index (κ2) is 4.66. The lowest BCUT2D eigenvalue weighted by atomic mass is 10.1. The number of amides is 1. The summed E-state index contributed by atoms with van der Waals surface area (Å²) in [5, 5.41) is 17.5. The van der Waals surface area contributed by atoms with Gasteiger partial charge in [0.25, 0.3) is 5.91 Å². The minimum Gasteiger partial charge on any atom is -0.391 e. The summed E-state index contributed by atoms with van der Waals surface area (Å²) in [7, 11) is 0. The standard InChI is InChI=1S/C14H17N3O2/c1-9-4-5-12-11(7-9)13(16-15-12)14(19)17-6-2-3-10(18)8-17/h4-5,7,10,18H,2-3,6,8H2,1H3,(H,15,16). The molecular formula is C14H17N3O2. The van der Waals surface area contributed by atoms with Gasteiger partial charge >= 0.3 is 0 Å². The predicted molar refractivity (Wildman–Crippen MR) is 72.0 cm³/mol. The van der Waals surface area contributed by atoms with E-state index >= 15 is 0 Å². The molecule has 1 aliphatic rings. The number of aromatic nitrogens is 2. The molecule has 2 aromatic rings. The van der Waals surface area contributed by atoms with Gasteiger partial charge in [0, 0.05) is 18.5 Å². The maximum absolute atomic E-state index is 12.5. The second-order valence-corrected chi connectivity index (χ2v) is 5.17. The molecule has 1 aromatic heterocycles. The number of nitrogens with one attached hydrogen (secondary N) is 1. The summed E-state index contributed by atoms with van der Waals surface area (Å²) in [6.07, 6.45) is 1.20. The van der Waals surface area contributed by atoms with Gasteiger partial charge in [-0.25, -0.2) is 0 Å². The predicted octanol–water partition coefficient (Wildman–Crippen LogP) is 1.47. The Morgan fingerprint density at radius 3 is 3.16 bits per heavy atom. The van der Waals surface area contributed by atoms with Crippen molar-refractivity contribution in [3.8, 4) is 0 Å². The fourth-order valence-electron chi connectivity index (χ4n) is 2.58. The number of rotatable bonds is 1. The molecule has 0 radical (unpaired) electrons. The van der Waals surface area contributed by atoms with E-state index in [1.54, 1.807) is 4.90 Å². The number of piperidine rings is 1. The minimum atomic E-state index is -0.412. The van der Waals surface area contributed by atoms with Crippen LogP contribution in [0, 0.1) is 6.92 Å². The Bertz CT molecular complexity index is 620. The van der Waals surface area contributed by atoms with Crippen LogP contribution < -0.4 is 0 Å². The molecule has 0 spiro atoms. The number of aryl methyl sites for hydroxylation is 1. The first kappa shape index (κ1) is 12.2. The SMILES string of the molecule is Cc1ccc2[nH]nc(C(=O)N3CCCC(O)C3)c2c1. The first-order valence-corrected chi connectivity index (χ1v) is 6.57. The second-order valence-electron chi connectivity index (χ2n) is 5.17. The van der Waals surface area contributed by atoms with Crippen LogP contribution in [0.4, 0.5) is 0 Å². The van der Waals surface area contributed by atoms with E-state index in [2.05, 4.69) is 10.2 Å². The van der Waals surface area contributed by atoms with E-state index in [0.29, 0.717) is 18.8 Å². The van der Waals surface area contributed by atoms with Crippen LogP contribution in [0.25, 0.3) is 10.9 Å². The van der Waals surface area contributed by atoms with Crippen LogP contribution in [0.3, 0.4) is 0 Å². The fraction of sp³-hybridized carbons (Fsp3) is 0.429. The number of β-amino-alcohol motifs (C(OH)–C–C–N with tert-alkyl or cyclic N) is 1. The van der Waals surface area contributed by atoms with Gasteiger partial charge in [-0.05, 0) is 31.9 Å². The number of nitrogens with zero attached hydrogens (tertiary/aromatic N) is 2. The molecule has 1 unspecified atom stereocenters. The van der Waals surface area contributed by atoms with Crippen molar-refractivity contribution in [3.05, 3.63) is 29.5 Å². The van der Waals surface area contributed by atoms with Gasteiger partial charge in [0.2, 0.25) is 0 Å². The molecule has 0 saturated carbocycles. The van der Waals surface area contributed by atoms with Gasteiger partial charge < -0.3 is 10.0 Å². The number of aliphatic hydroxyl groups is 1. The zero-order valence-corrected chi connectivity index (χ0v) is 10.9. The molecule has 2 N–H and O–H groups in total. The molecule has 1 aromatic carbocycles. The molecule has 0 bridgehead atoms.